The van der Waals surface area contributed by atoms with Crippen molar-refractivity contribution >= 4 is 11.3 Å². The SMILES string of the molecule is CCOc1cncc(C(Cc2ccsc2)NN)c1. The molecule has 0 bridgehead atoms. The molecule has 3 N–H and O–H groups in total. The summed E-state index contributed by atoms with van der Waals surface area (Å²) in [7, 11) is 0. The number of nitrogens with two attached hydrogens (primary N) is 1. The highest BCUT2D eigenvalue weighted by molar-refractivity contribution is 7.07. The van der Waals surface area contributed by atoms with Gasteiger partial charge in [0.05, 0.1) is 18.8 Å². The third-order valence-corrected chi connectivity index (χ3v) is 3.40. The van der Waals surface area contributed by atoms with Gasteiger partial charge in [0.25, 0.3) is 0 Å². The predicted octanol–water partition coefficient (Wildman–Crippen LogP) is 2.29. The molecule has 96 valence electrons. The van der Waals surface area contributed by atoms with Crippen LogP contribution in [0.25, 0.3) is 0 Å². The highest BCUT2D eigenvalue weighted by Gasteiger charge is 2.12. The number of thiophene rings is 1. The van der Waals surface area contributed by atoms with Gasteiger partial charge in [0, 0.05) is 6.20 Å². The minimum absolute atomic E-state index is 0.0486. The van der Waals surface area contributed by atoms with E-state index in [2.05, 4.69) is 27.2 Å². The van der Waals surface area contributed by atoms with Crippen molar-refractivity contribution in [2.24, 2.45) is 5.84 Å². The van der Waals surface area contributed by atoms with Gasteiger partial charge in [-0.3, -0.25) is 16.3 Å². The van der Waals surface area contributed by atoms with Gasteiger partial charge in [-0.05, 0) is 47.4 Å². The van der Waals surface area contributed by atoms with Crippen LogP contribution in [-0.2, 0) is 6.42 Å². The van der Waals surface area contributed by atoms with Gasteiger partial charge in [0.1, 0.15) is 5.75 Å². The van der Waals surface area contributed by atoms with E-state index in [-0.39, 0.29) is 6.04 Å². The van der Waals surface area contributed by atoms with E-state index in [9.17, 15) is 0 Å². The summed E-state index contributed by atoms with van der Waals surface area (Å²) in [5.41, 5.74) is 5.14. The smallest absolute Gasteiger partial charge is 0.137 e. The number of nitrogens with zero attached hydrogens (tertiary/aromatic N) is 1. The second kappa shape index (κ2) is 6.49. The van der Waals surface area contributed by atoms with Crippen LogP contribution in [0, 0.1) is 0 Å². The van der Waals surface area contributed by atoms with Gasteiger partial charge >= 0.3 is 0 Å². The van der Waals surface area contributed by atoms with Crippen molar-refractivity contribution in [3.8, 4) is 5.75 Å². The van der Waals surface area contributed by atoms with Crippen LogP contribution in [0.15, 0.2) is 35.3 Å². The number of ether oxygens (including phenoxy) is 1. The second-order valence-electron chi connectivity index (χ2n) is 3.94. The normalized spacial score (nSPS) is 12.3. The van der Waals surface area contributed by atoms with E-state index in [4.69, 9.17) is 10.6 Å². The third kappa shape index (κ3) is 3.29. The highest BCUT2D eigenvalue weighted by Crippen LogP contribution is 2.21. The van der Waals surface area contributed by atoms with Gasteiger partial charge in [-0.15, -0.1) is 0 Å². The van der Waals surface area contributed by atoms with Gasteiger partial charge < -0.3 is 4.74 Å². The fourth-order valence-electron chi connectivity index (χ4n) is 1.79. The Morgan fingerprint density at radius 1 is 1.50 bits per heavy atom. The van der Waals surface area contributed by atoms with Crippen LogP contribution < -0.4 is 16.0 Å². The maximum Gasteiger partial charge on any atom is 0.137 e. The van der Waals surface area contributed by atoms with E-state index in [0.29, 0.717) is 6.61 Å². The molecule has 0 aromatic carbocycles. The predicted molar refractivity (Wildman–Crippen MR) is 73.5 cm³/mol. The zero-order valence-corrected chi connectivity index (χ0v) is 11.1. The summed E-state index contributed by atoms with van der Waals surface area (Å²) in [6.45, 7) is 2.59. The Kier molecular flexibility index (Phi) is 4.69. The lowest BCUT2D eigenvalue weighted by Crippen LogP contribution is -2.29. The topological polar surface area (TPSA) is 60.2 Å². The first kappa shape index (κ1) is 13.0. The zero-order valence-electron chi connectivity index (χ0n) is 10.3. The fraction of sp³-hybridized carbons (Fsp3) is 0.308. The number of rotatable bonds is 6. The number of aromatic nitrogens is 1. The summed E-state index contributed by atoms with van der Waals surface area (Å²) >= 11 is 1.69. The molecule has 0 fully saturated rings. The summed E-state index contributed by atoms with van der Waals surface area (Å²) in [6, 6.07) is 4.13. The van der Waals surface area contributed by atoms with Gasteiger partial charge in [-0.1, -0.05) is 0 Å². The van der Waals surface area contributed by atoms with Crippen LogP contribution in [-0.4, -0.2) is 11.6 Å². The summed E-state index contributed by atoms with van der Waals surface area (Å²) in [6.07, 6.45) is 4.38. The molecular weight excluding hydrogens is 246 g/mol. The van der Waals surface area contributed by atoms with Gasteiger partial charge in [-0.25, -0.2) is 0 Å². The Morgan fingerprint density at radius 3 is 3.06 bits per heavy atom. The Balaban J connectivity index is 2.13. The first-order chi connectivity index (χ1) is 8.83. The molecule has 2 aromatic rings. The van der Waals surface area contributed by atoms with Crippen molar-refractivity contribution in [1.29, 1.82) is 0 Å². The fourth-order valence-corrected chi connectivity index (χ4v) is 2.47. The molecule has 0 aliphatic heterocycles. The van der Waals surface area contributed by atoms with E-state index in [1.54, 1.807) is 17.5 Å². The monoisotopic (exact) mass is 263 g/mol. The summed E-state index contributed by atoms with van der Waals surface area (Å²) in [5, 5.41) is 4.20. The van der Waals surface area contributed by atoms with Crippen LogP contribution in [0.4, 0.5) is 0 Å². The van der Waals surface area contributed by atoms with Crippen molar-refractivity contribution < 1.29 is 4.74 Å². The minimum atomic E-state index is 0.0486. The molecule has 18 heavy (non-hydrogen) atoms. The molecule has 0 saturated heterocycles. The van der Waals surface area contributed by atoms with Crippen LogP contribution in [0.5, 0.6) is 5.75 Å². The Hall–Kier alpha value is -1.43. The van der Waals surface area contributed by atoms with Gasteiger partial charge in [0.15, 0.2) is 0 Å². The van der Waals surface area contributed by atoms with Crippen molar-refractivity contribution in [3.05, 3.63) is 46.4 Å². The molecule has 5 heteroatoms. The molecule has 0 aliphatic rings. The molecule has 2 rings (SSSR count). The molecule has 1 unspecified atom stereocenters. The van der Waals surface area contributed by atoms with E-state index in [1.807, 2.05) is 19.2 Å². The van der Waals surface area contributed by atoms with Crippen LogP contribution >= 0.6 is 11.3 Å². The lowest BCUT2D eigenvalue weighted by molar-refractivity contribution is 0.338. The quantitative estimate of drug-likeness (QED) is 0.620. The molecule has 4 nitrogen and oxygen atoms in total. The Labute approximate surface area is 111 Å². The van der Waals surface area contributed by atoms with Crippen LogP contribution in [0.1, 0.15) is 24.1 Å². The number of pyridine rings is 1. The van der Waals surface area contributed by atoms with Crippen LogP contribution in [0.2, 0.25) is 0 Å². The number of hydrogen-bond acceptors (Lipinski definition) is 5. The van der Waals surface area contributed by atoms with Gasteiger partial charge in [0.2, 0.25) is 0 Å². The van der Waals surface area contributed by atoms with Crippen molar-refractivity contribution in [2.75, 3.05) is 6.61 Å². The van der Waals surface area contributed by atoms with Crippen LogP contribution in [0.3, 0.4) is 0 Å². The molecule has 0 radical (unpaired) electrons. The molecule has 0 saturated carbocycles. The average Bonchev–Trinajstić information content (AvgIpc) is 2.89. The maximum absolute atomic E-state index is 5.63. The Bertz CT molecular complexity index is 473. The second-order valence-corrected chi connectivity index (χ2v) is 4.72. The lowest BCUT2D eigenvalue weighted by Gasteiger charge is -2.16. The molecule has 1 atom stereocenters. The first-order valence-electron chi connectivity index (χ1n) is 5.88. The van der Waals surface area contributed by atoms with Crippen molar-refractivity contribution in [1.82, 2.24) is 10.4 Å². The summed E-state index contributed by atoms with van der Waals surface area (Å²) in [4.78, 5) is 4.18. The lowest BCUT2D eigenvalue weighted by atomic mass is 10.0. The molecule has 0 aliphatic carbocycles. The third-order valence-electron chi connectivity index (χ3n) is 2.67. The average molecular weight is 263 g/mol. The van der Waals surface area contributed by atoms with Crippen molar-refractivity contribution in [2.45, 2.75) is 19.4 Å². The maximum atomic E-state index is 5.63. The van der Waals surface area contributed by atoms with E-state index >= 15 is 0 Å². The Morgan fingerprint density at radius 2 is 2.39 bits per heavy atom. The molecule has 2 aromatic heterocycles. The molecule has 0 spiro atoms. The number of nitrogens with one attached hydrogen (secondary N) is 1. The van der Waals surface area contributed by atoms with Crippen molar-refractivity contribution in [3.63, 3.8) is 0 Å². The minimum Gasteiger partial charge on any atom is -0.492 e. The largest absolute Gasteiger partial charge is 0.492 e. The molecule has 2 heterocycles. The summed E-state index contributed by atoms with van der Waals surface area (Å²) < 4.78 is 5.45. The summed E-state index contributed by atoms with van der Waals surface area (Å²) in [5.74, 6) is 6.41. The van der Waals surface area contributed by atoms with E-state index < -0.39 is 0 Å². The van der Waals surface area contributed by atoms with E-state index in [0.717, 1.165) is 17.7 Å². The zero-order chi connectivity index (χ0) is 12.8. The number of hydrazine groups is 1. The molecular formula is C13H17N3OS. The van der Waals surface area contributed by atoms with Gasteiger partial charge in [-0.2, -0.15) is 11.3 Å². The number of hydrogen-bond donors (Lipinski definition) is 2. The standard InChI is InChI=1S/C13H17N3OS/c1-2-17-12-6-11(7-15-8-12)13(16-14)5-10-3-4-18-9-10/h3-4,6-9,13,16H,2,5,14H2,1H3. The highest BCUT2D eigenvalue weighted by atomic mass is 32.1. The first-order valence-corrected chi connectivity index (χ1v) is 6.82. The van der Waals surface area contributed by atoms with E-state index in [1.165, 1.54) is 5.56 Å². The molecule has 0 amide bonds.